The Labute approximate surface area is 445 Å². The smallest absolute Gasteiger partial charge is 0.306 e. The van der Waals surface area contributed by atoms with Crippen LogP contribution in [0.25, 0.3) is 0 Å². The summed E-state index contributed by atoms with van der Waals surface area (Å²) in [6, 6.07) is 0. The molecule has 0 saturated carbocycles. The molecule has 1 unspecified atom stereocenters. The van der Waals surface area contributed by atoms with Gasteiger partial charge in [0.1, 0.15) is 13.2 Å². The maximum absolute atomic E-state index is 12.9. The minimum Gasteiger partial charge on any atom is -0.462 e. The zero-order valence-electron chi connectivity index (χ0n) is 47.2. The molecule has 412 valence electrons. The molecule has 6 heteroatoms. The van der Waals surface area contributed by atoms with E-state index in [0.717, 1.165) is 116 Å². The summed E-state index contributed by atoms with van der Waals surface area (Å²) in [4.78, 5) is 38.2. The van der Waals surface area contributed by atoms with Gasteiger partial charge in [-0.25, -0.2) is 0 Å². The lowest BCUT2D eigenvalue weighted by Crippen LogP contribution is -2.30. The Morgan fingerprint density at radius 1 is 0.292 bits per heavy atom. The van der Waals surface area contributed by atoms with Crippen LogP contribution in [0.4, 0.5) is 0 Å². The summed E-state index contributed by atoms with van der Waals surface area (Å²) >= 11 is 0. The van der Waals surface area contributed by atoms with Gasteiger partial charge in [0.15, 0.2) is 6.10 Å². The quantitative estimate of drug-likeness (QED) is 0.0261. The number of unbranched alkanes of at least 4 members (excludes halogenated alkanes) is 27. The molecule has 72 heavy (non-hydrogen) atoms. The molecule has 0 aliphatic heterocycles. The summed E-state index contributed by atoms with van der Waals surface area (Å²) in [5.41, 5.74) is 0. The standard InChI is InChI=1S/C66H112O6/c1-4-7-10-13-16-19-22-25-27-29-31-32-33-34-36-37-39-41-44-47-50-53-56-59-65(68)71-62-63(61-70-64(67)58-55-52-49-46-43-24-21-18-15-12-9-6-3)72-66(69)60-57-54-51-48-45-42-40-38-35-30-28-26-23-20-17-14-11-8-5-2/h8,11,17-18,20-22,25-26,28-29,31,35,38,42,45,63H,4-7,9-10,12-16,19,23-24,27,30,32-34,36-37,39-41,43-44,46-62H2,1-3H3/b11-8-,20-17-,21-18-,25-22-,28-26-,31-29-,38-35-,45-42-. The Balaban J connectivity index is 4.38. The van der Waals surface area contributed by atoms with Crippen LogP contribution in [0.2, 0.25) is 0 Å². The lowest BCUT2D eigenvalue weighted by Gasteiger charge is -2.18. The average molecular weight is 1000 g/mol. The first-order valence-corrected chi connectivity index (χ1v) is 30.2. The van der Waals surface area contributed by atoms with E-state index in [9.17, 15) is 14.4 Å². The third kappa shape index (κ3) is 57.2. The molecule has 0 spiro atoms. The topological polar surface area (TPSA) is 78.9 Å². The third-order valence-electron chi connectivity index (χ3n) is 12.8. The number of esters is 3. The van der Waals surface area contributed by atoms with Gasteiger partial charge in [-0.05, 0) is 122 Å². The molecule has 0 fully saturated rings. The van der Waals surface area contributed by atoms with Crippen LogP contribution in [-0.4, -0.2) is 37.2 Å². The molecule has 0 rings (SSSR count). The minimum absolute atomic E-state index is 0.0946. The number of carbonyl (C=O) groups excluding carboxylic acids is 3. The van der Waals surface area contributed by atoms with E-state index in [-0.39, 0.29) is 37.5 Å². The summed E-state index contributed by atoms with van der Waals surface area (Å²) in [7, 11) is 0. The van der Waals surface area contributed by atoms with Crippen molar-refractivity contribution in [1.29, 1.82) is 0 Å². The molecule has 0 aliphatic carbocycles. The highest BCUT2D eigenvalue weighted by atomic mass is 16.6. The normalized spacial score (nSPS) is 12.8. The molecule has 0 radical (unpaired) electrons. The zero-order valence-corrected chi connectivity index (χ0v) is 47.2. The molecule has 1 atom stereocenters. The van der Waals surface area contributed by atoms with Crippen molar-refractivity contribution < 1.29 is 28.6 Å². The van der Waals surface area contributed by atoms with Gasteiger partial charge in [0, 0.05) is 19.3 Å². The van der Waals surface area contributed by atoms with Crippen LogP contribution < -0.4 is 0 Å². The second-order valence-corrected chi connectivity index (χ2v) is 19.9. The Bertz CT molecular complexity index is 1430. The lowest BCUT2D eigenvalue weighted by atomic mass is 10.0. The molecule has 0 aromatic carbocycles. The Hall–Kier alpha value is -3.67. The van der Waals surface area contributed by atoms with Crippen molar-refractivity contribution in [3.8, 4) is 0 Å². The van der Waals surface area contributed by atoms with E-state index in [1.54, 1.807) is 0 Å². The summed E-state index contributed by atoms with van der Waals surface area (Å²) in [6.07, 6.45) is 79.8. The van der Waals surface area contributed by atoms with Gasteiger partial charge in [-0.3, -0.25) is 14.4 Å². The molecule has 0 bridgehead atoms. The summed E-state index contributed by atoms with van der Waals surface area (Å²) in [5, 5.41) is 0. The second kappa shape index (κ2) is 59.9. The molecule has 0 aliphatic rings. The van der Waals surface area contributed by atoms with Crippen molar-refractivity contribution in [3.05, 3.63) is 97.2 Å². The summed E-state index contributed by atoms with van der Waals surface area (Å²) < 4.78 is 16.8. The predicted octanol–water partition coefficient (Wildman–Crippen LogP) is 20.5. The van der Waals surface area contributed by atoms with E-state index >= 15 is 0 Å². The van der Waals surface area contributed by atoms with E-state index in [4.69, 9.17) is 14.2 Å². The highest BCUT2D eigenvalue weighted by Crippen LogP contribution is 2.15. The van der Waals surface area contributed by atoms with Crippen LogP contribution in [0.15, 0.2) is 97.2 Å². The molecule has 0 aromatic rings. The maximum Gasteiger partial charge on any atom is 0.306 e. The van der Waals surface area contributed by atoms with E-state index in [2.05, 4.69) is 118 Å². The fourth-order valence-electron chi connectivity index (χ4n) is 8.26. The van der Waals surface area contributed by atoms with Crippen LogP contribution in [0, 0.1) is 0 Å². The number of hydrogen-bond donors (Lipinski definition) is 0. The Morgan fingerprint density at radius 3 is 0.903 bits per heavy atom. The third-order valence-corrected chi connectivity index (χ3v) is 12.8. The highest BCUT2D eigenvalue weighted by Gasteiger charge is 2.19. The average Bonchev–Trinajstić information content (AvgIpc) is 3.38. The predicted molar refractivity (Wildman–Crippen MR) is 311 cm³/mol. The largest absolute Gasteiger partial charge is 0.462 e. The molecule has 0 heterocycles. The van der Waals surface area contributed by atoms with Gasteiger partial charge in [0.25, 0.3) is 0 Å². The minimum atomic E-state index is -0.800. The van der Waals surface area contributed by atoms with E-state index < -0.39 is 6.10 Å². The van der Waals surface area contributed by atoms with Crippen molar-refractivity contribution in [2.45, 2.75) is 290 Å². The molecule has 0 aromatic heterocycles. The van der Waals surface area contributed by atoms with Crippen molar-refractivity contribution >= 4 is 17.9 Å². The zero-order chi connectivity index (χ0) is 52.2. The van der Waals surface area contributed by atoms with Crippen molar-refractivity contribution in [2.24, 2.45) is 0 Å². The number of rotatable bonds is 54. The number of carbonyl (C=O) groups is 3. The molecule has 0 saturated heterocycles. The van der Waals surface area contributed by atoms with Crippen LogP contribution in [0.5, 0.6) is 0 Å². The lowest BCUT2D eigenvalue weighted by molar-refractivity contribution is -0.167. The van der Waals surface area contributed by atoms with Crippen LogP contribution in [0.3, 0.4) is 0 Å². The number of ether oxygens (including phenoxy) is 3. The van der Waals surface area contributed by atoms with E-state index in [1.807, 2.05) is 0 Å². The first kappa shape index (κ1) is 68.3. The van der Waals surface area contributed by atoms with Gasteiger partial charge >= 0.3 is 17.9 Å². The molecule has 0 amide bonds. The molecular weight excluding hydrogens is 889 g/mol. The van der Waals surface area contributed by atoms with Gasteiger partial charge < -0.3 is 14.2 Å². The summed E-state index contributed by atoms with van der Waals surface area (Å²) in [6.45, 7) is 6.47. The van der Waals surface area contributed by atoms with Crippen molar-refractivity contribution in [1.82, 2.24) is 0 Å². The van der Waals surface area contributed by atoms with E-state index in [1.165, 1.54) is 128 Å². The van der Waals surface area contributed by atoms with Crippen LogP contribution in [-0.2, 0) is 28.6 Å². The summed E-state index contributed by atoms with van der Waals surface area (Å²) in [5.74, 6) is -0.934. The van der Waals surface area contributed by atoms with Gasteiger partial charge in [-0.15, -0.1) is 0 Å². The maximum atomic E-state index is 12.9. The van der Waals surface area contributed by atoms with Crippen LogP contribution >= 0.6 is 0 Å². The molecule has 6 nitrogen and oxygen atoms in total. The number of hydrogen-bond acceptors (Lipinski definition) is 6. The van der Waals surface area contributed by atoms with Gasteiger partial charge in [0.2, 0.25) is 0 Å². The Morgan fingerprint density at radius 2 is 0.542 bits per heavy atom. The molecular formula is C66H112O6. The monoisotopic (exact) mass is 1000 g/mol. The fourth-order valence-corrected chi connectivity index (χ4v) is 8.26. The van der Waals surface area contributed by atoms with Gasteiger partial charge in [-0.1, -0.05) is 240 Å². The van der Waals surface area contributed by atoms with E-state index in [0.29, 0.717) is 12.8 Å². The first-order valence-electron chi connectivity index (χ1n) is 30.2. The second-order valence-electron chi connectivity index (χ2n) is 19.9. The van der Waals surface area contributed by atoms with Gasteiger partial charge in [0.05, 0.1) is 0 Å². The van der Waals surface area contributed by atoms with Crippen molar-refractivity contribution in [3.63, 3.8) is 0 Å². The fraction of sp³-hybridized carbons (Fsp3) is 0.712. The highest BCUT2D eigenvalue weighted by molar-refractivity contribution is 5.71. The first-order chi connectivity index (χ1) is 35.5. The SMILES string of the molecule is CC/C=C\C/C=C\C/C=C\C/C=C\C/C=C\CCCCCC(=O)OC(COC(=O)CCCCCCC/C=C\CCCCC)COC(=O)CCCCCCCCCCCCC/C=C\C/C=C\CCCCCCC. The van der Waals surface area contributed by atoms with Crippen molar-refractivity contribution in [2.75, 3.05) is 13.2 Å². The molecule has 0 N–H and O–H groups in total. The Kier molecular flexibility index (Phi) is 56.8. The van der Waals surface area contributed by atoms with Crippen LogP contribution in [0.1, 0.15) is 284 Å². The van der Waals surface area contributed by atoms with Gasteiger partial charge in [-0.2, -0.15) is 0 Å². The number of allylic oxidation sites excluding steroid dienone is 16.